The second kappa shape index (κ2) is 13.7. The van der Waals surface area contributed by atoms with Crippen LogP contribution in [0, 0.1) is 5.92 Å². The lowest BCUT2D eigenvalue weighted by Crippen LogP contribution is -2.48. The number of carboxylic acids is 1. The van der Waals surface area contributed by atoms with Crippen molar-refractivity contribution in [3.63, 3.8) is 0 Å². The van der Waals surface area contributed by atoms with E-state index in [2.05, 4.69) is 5.32 Å². The lowest BCUT2D eigenvalue weighted by Gasteiger charge is -2.31. The zero-order valence-electron chi connectivity index (χ0n) is 22.8. The quantitative estimate of drug-likeness (QED) is 0.279. The smallest absolute Gasteiger partial charge is 0.408 e. The molecule has 0 fully saturated rings. The van der Waals surface area contributed by atoms with Gasteiger partial charge >= 0.3 is 12.1 Å². The minimum absolute atomic E-state index is 0.269. The fraction of sp³-hybridized carbons (Fsp3) is 0.355. The maximum absolute atomic E-state index is 12.5. The van der Waals surface area contributed by atoms with Crippen molar-refractivity contribution < 1.29 is 34.0 Å². The van der Waals surface area contributed by atoms with Crippen molar-refractivity contribution in [3.05, 3.63) is 95.6 Å². The Labute approximate surface area is 229 Å². The van der Waals surface area contributed by atoms with Gasteiger partial charge in [0.05, 0.1) is 0 Å². The van der Waals surface area contributed by atoms with Crippen LogP contribution in [0.4, 0.5) is 4.79 Å². The number of benzene rings is 3. The molecule has 3 aromatic carbocycles. The maximum atomic E-state index is 12.5. The Balaban J connectivity index is 1.95. The fourth-order valence-corrected chi connectivity index (χ4v) is 4.14. The molecule has 0 saturated carbocycles. The second-order valence-electron chi connectivity index (χ2n) is 10.4. The van der Waals surface area contributed by atoms with Crippen molar-refractivity contribution in [2.24, 2.45) is 5.92 Å². The van der Waals surface area contributed by atoms with Crippen LogP contribution in [0.2, 0.25) is 0 Å². The summed E-state index contributed by atoms with van der Waals surface area (Å²) in [5.74, 6) is -1.64. The number of hydrogen-bond acceptors (Lipinski definition) is 6. The minimum Gasteiger partial charge on any atom is -0.485 e. The van der Waals surface area contributed by atoms with Gasteiger partial charge in [-0.05, 0) is 55.5 Å². The molecular weight excluding hydrogens is 498 g/mol. The number of carboxylic acid groups (broad SMARTS) is 1. The number of ether oxygens (including phenoxy) is 3. The van der Waals surface area contributed by atoms with Crippen LogP contribution in [0.3, 0.4) is 0 Å². The molecule has 0 aromatic heterocycles. The number of carbonyl (C=O) groups is 2. The topological polar surface area (TPSA) is 114 Å². The maximum Gasteiger partial charge on any atom is 0.408 e. The third-order valence-electron chi connectivity index (χ3n) is 6.03. The number of aliphatic hydroxyl groups is 1. The number of aliphatic hydroxyl groups excluding tert-OH is 1. The highest BCUT2D eigenvalue weighted by Gasteiger charge is 2.36. The van der Waals surface area contributed by atoms with Gasteiger partial charge in [-0.25, -0.2) is 9.59 Å². The molecule has 3 atom stereocenters. The van der Waals surface area contributed by atoms with Crippen LogP contribution in [-0.4, -0.2) is 40.5 Å². The molecule has 1 amide bonds. The molecule has 0 saturated heterocycles. The average molecular weight is 536 g/mol. The Hall–Kier alpha value is -4.04. The molecule has 0 bridgehead atoms. The van der Waals surface area contributed by atoms with Crippen molar-refractivity contribution >= 4 is 12.1 Å². The van der Waals surface area contributed by atoms with Crippen molar-refractivity contribution in [1.82, 2.24) is 5.32 Å². The van der Waals surface area contributed by atoms with E-state index in [9.17, 15) is 19.8 Å². The lowest BCUT2D eigenvalue weighted by molar-refractivity contribution is -0.140. The highest BCUT2D eigenvalue weighted by molar-refractivity contribution is 5.81. The van der Waals surface area contributed by atoms with Gasteiger partial charge in [0.2, 0.25) is 0 Å². The van der Waals surface area contributed by atoms with Crippen molar-refractivity contribution in [2.75, 3.05) is 6.61 Å². The number of alkyl carbamates (subject to hydrolysis) is 1. The van der Waals surface area contributed by atoms with Crippen LogP contribution in [0.5, 0.6) is 11.5 Å². The summed E-state index contributed by atoms with van der Waals surface area (Å²) in [5.41, 5.74) is 1.69. The molecule has 0 heterocycles. The van der Waals surface area contributed by atoms with E-state index < -0.39 is 35.5 Å². The highest BCUT2D eigenvalue weighted by atomic mass is 16.6. The summed E-state index contributed by atoms with van der Waals surface area (Å²) < 4.78 is 17.5. The number of rotatable bonds is 12. The van der Waals surface area contributed by atoms with Gasteiger partial charge < -0.3 is 29.7 Å². The van der Waals surface area contributed by atoms with Crippen LogP contribution in [-0.2, 0) is 22.7 Å². The van der Waals surface area contributed by atoms with Gasteiger partial charge in [0.15, 0.2) is 11.5 Å². The first-order chi connectivity index (χ1) is 18.6. The second-order valence-corrected chi connectivity index (χ2v) is 10.4. The third kappa shape index (κ3) is 9.04. The summed E-state index contributed by atoms with van der Waals surface area (Å²) in [7, 11) is 0. The van der Waals surface area contributed by atoms with E-state index in [1.807, 2.05) is 60.7 Å². The fourth-order valence-electron chi connectivity index (χ4n) is 4.14. The summed E-state index contributed by atoms with van der Waals surface area (Å²) in [5, 5.41) is 22.6. The summed E-state index contributed by atoms with van der Waals surface area (Å²) in [4.78, 5) is 24.9. The zero-order valence-corrected chi connectivity index (χ0v) is 22.8. The Morgan fingerprint density at radius 1 is 0.846 bits per heavy atom. The van der Waals surface area contributed by atoms with Crippen molar-refractivity contribution in [2.45, 2.75) is 58.5 Å². The lowest BCUT2D eigenvalue weighted by atomic mass is 9.81. The van der Waals surface area contributed by atoms with Gasteiger partial charge in [0.25, 0.3) is 0 Å². The zero-order chi connectivity index (χ0) is 28.4. The van der Waals surface area contributed by atoms with Crippen LogP contribution in [0.25, 0.3) is 0 Å². The minimum atomic E-state index is -1.36. The van der Waals surface area contributed by atoms with Gasteiger partial charge in [-0.2, -0.15) is 0 Å². The number of hydrogen-bond donors (Lipinski definition) is 3. The van der Waals surface area contributed by atoms with Crippen molar-refractivity contribution in [3.8, 4) is 11.5 Å². The van der Waals surface area contributed by atoms with E-state index >= 15 is 0 Å². The molecule has 3 rings (SSSR count). The van der Waals surface area contributed by atoms with Crippen LogP contribution >= 0.6 is 0 Å². The molecule has 8 nitrogen and oxygen atoms in total. The van der Waals surface area contributed by atoms with E-state index in [-0.39, 0.29) is 13.2 Å². The molecule has 0 aliphatic carbocycles. The standard InChI is InChI=1S/C31H37NO7/c1-21(18-33)27(28(29(34)35)32-30(36)39-31(2,3)4)24-15-16-25(37-19-22-11-7-5-8-12-22)26(17-24)38-20-23-13-9-6-10-14-23/h5-17,21,27-28,33H,18-20H2,1-4H3,(H,32,36)(H,34,35)/t21?,27?,28-/m0/s1. The van der Waals surface area contributed by atoms with Gasteiger partial charge in [-0.3, -0.25) is 0 Å². The van der Waals surface area contributed by atoms with Crippen LogP contribution in [0.15, 0.2) is 78.9 Å². The number of amides is 1. The summed E-state index contributed by atoms with van der Waals surface area (Å²) >= 11 is 0. The molecule has 0 aliphatic rings. The first-order valence-electron chi connectivity index (χ1n) is 12.9. The molecule has 8 heteroatoms. The van der Waals surface area contributed by atoms with Gasteiger partial charge in [0, 0.05) is 12.5 Å². The Kier molecular flexibility index (Phi) is 10.3. The van der Waals surface area contributed by atoms with Gasteiger partial charge in [-0.15, -0.1) is 0 Å². The predicted molar refractivity (Wildman–Crippen MR) is 148 cm³/mol. The summed E-state index contributed by atoms with van der Waals surface area (Å²) in [6.45, 7) is 7.10. The van der Waals surface area contributed by atoms with Gasteiger partial charge in [-0.1, -0.05) is 73.7 Å². The van der Waals surface area contributed by atoms with Crippen LogP contribution in [0.1, 0.15) is 50.3 Å². The molecule has 3 aromatic rings. The predicted octanol–water partition coefficient (Wildman–Crippen LogP) is 5.53. The Bertz CT molecular complexity index is 1210. The highest BCUT2D eigenvalue weighted by Crippen LogP contribution is 2.36. The largest absolute Gasteiger partial charge is 0.485 e. The first kappa shape index (κ1) is 29.5. The first-order valence-corrected chi connectivity index (χ1v) is 12.9. The Morgan fingerprint density at radius 2 is 1.38 bits per heavy atom. The molecular formula is C31H37NO7. The monoisotopic (exact) mass is 535 g/mol. The molecule has 0 radical (unpaired) electrons. The Morgan fingerprint density at radius 3 is 1.87 bits per heavy atom. The molecule has 2 unspecified atom stereocenters. The van der Waals surface area contributed by atoms with Crippen molar-refractivity contribution in [1.29, 1.82) is 0 Å². The number of nitrogens with one attached hydrogen (secondary N) is 1. The van der Waals surface area contributed by atoms with E-state index in [0.29, 0.717) is 23.7 Å². The molecule has 0 aliphatic heterocycles. The van der Waals surface area contributed by atoms with E-state index in [0.717, 1.165) is 11.1 Å². The van der Waals surface area contributed by atoms with E-state index in [1.54, 1.807) is 45.9 Å². The number of aliphatic carboxylic acids is 1. The summed E-state index contributed by atoms with van der Waals surface area (Å²) in [6, 6.07) is 23.2. The third-order valence-corrected chi connectivity index (χ3v) is 6.03. The molecule has 0 spiro atoms. The summed E-state index contributed by atoms with van der Waals surface area (Å²) in [6.07, 6.45) is -0.853. The normalized spacial score (nSPS) is 13.6. The molecule has 39 heavy (non-hydrogen) atoms. The number of carbonyl (C=O) groups excluding carboxylic acids is 1. The molecule has 3 N–H and O–H groups in total. The molecule has 208 valence electrons. The average Bonchev–Trinajstić information content (AvgIpc) is 2.90. The van der Waals surface area contributed by atoms with Gasteiger partial charge in [0.1, 0.15) is 24.9 Å². The SMILES string of the molecule is CC(CO)C(c1ccc(OCc2ccccc2)c(OCc2ccccc2)c1)[C@H](NC(=O)OC(C)(C)C)C(=O)O. The van der Waals surface area contributed by atoms with E-state index in [4.69, 9.17) is 14.2 Å². The van der Waals surface area contributed by atoms with E-state index in [1.165, 1.54) is 0 Å². The van der Waals surface area contributed by atoms with Crippen LogP contribution < -0.4 is 14.8 Å².